The van der Waals surface area contributed by atoms with Gasteiger partial charge in [-0.25, -0.2) is 0 Å². The van der Waals surface area contributed by atoms with Gasteiger partial charge < -0.3 is 20.3 Å². The molecule has 348 valence electrons. The van der Waals surface area contributed by atoms with Crippen LogP contribution >= 0.6 is 0 Å². The van der Waals surface area contributed by atoms with E-state index in [1.54, 1.807) is 6.08 Å². The minimum Gasteiger partial charge on any atom is -0.466 e. The first-order chi connectivity index (χ1) is 29.0. The van der Waals surface area contributed by atoms with E-state index in [4.69, 9.17) is 4.74 Å². The topological polar surface area (TPSA) is 95.9 Å². The summed E-state index contributed by atoms with van der Waals surface area (Å²) < 4.78 is 5.46. The van der Waals surface area contributed by atoms with Crippen LogP contribution < -0.4 is 5.32 Å². The van der Waals surface area contributed by atoms with Crippen molar-refractivity contribution in [1.29, 1.82) is 0 Å². The number of hydrogen-bond acceptors (Lipinski definition) is 5. The lowest BCUT2D eigenvalue weighted by molar-refractivity contribution is -0.143. The van der Waals surface area contributed by atoms with E-state index in [1.165, 1.54) is 193 Å². The number of rotatable bonds is 48. The standard InChI is InChI=1S/C53H101NO5/c1-3-5-7-9-11-13-15-17-19-20-21-23-27-31-35-39-43-47-53(58)59-48-44-40-36-32-28-24-26-30-34-38-42-46-52(57)54-50(49-55)51(56)45-41-37-33-29-25-22-18-16-14-12-10-8-6-4-2/h17,19,41,45,50-51,55-56H,3-16,18,20-40,42-44,46-49H2,1-2H3,(H,54,57)/b19-17-,45-41+. The van der Waals surface area contributed by atoms with Gasteiger partial charge in [-0.15, -0.1) is 0 Å². The molecule has 0 spiro atoms. The molecule has 0 rings (SSSR count). The summed E-state index contributed by atoms with van der Waals surface area (Å²) >= 11 is 0. The average Bonchev–Trinajstić information content (AvgIpc) is 3.24. The third kappa shape index (κ3) is 45.7. The van der Waals surface area contributed by atoms with Crippen molar-refractivity contribution in [1.82, 2.24) is 5.32 Å². The molecular weight excluding hydrogens is 731 g/mol. The molecule has 0 bridgehead atoms. The van der Waals surface area contributed by atoms with Gasteiger partial charge in [0, 0.05) is 12.8 Å². The minimum absolute atomic E-state index is 0.0190. The van der Waals surface area contributed by atoms with E-state index in [0.29, 0.717) is 19.4 Å². The second kappa shape index (κ2) is 49.0. The van der Waals surface area contributed by atoms with Crippen molar-refractivity contribution in [3.8, 4) is 0 Å². The first-order valence-corrected chi connectivity index (χ1v) is 26.1. The van der Waals surface area contributed by atoms with E-state index < -0.39 is 12.1 Å². The molecule has 0 aliphatic carbocycles. The second-order valence-corrected chi connectivity index (χ2v) is 17.9. The Hall–Kier alpha value is -1.66. The summed E-state index contributed by atoms with van der Waals surface area (Å²) in [6, 6.07) is -0.641. The maximum Gasteiger partial charge on any atom is 0.305 e. The SMILES string of the molecule is CCCCCCCC/C=C\CCCCCCCCCC(=O)OCCCCCCCCCCCCCC(=O)NC(CO)C(O)/C=C/CCCCCCCCCCCCCC. The number of aliphatic hydroxyl groups is 2. The van der Waals surface area contributed by atoms with Gasteiger partial charge in [0.15, 0.2) is 0 Å². The molecule has 0 heterocycles. The number of esters is 1. The number of carbonyl (C=O) groups excluding carboxylic acids is 2. The normalized spacial score (nSPS) is 12.8. The van der Waals surface area contributed by atoms with Crippen LogP contribution in [0.4, 0.5) is 0 Å². The van der Waals surface area contributed by atoms with E-state index in [2.05, 4.69) is 31.3 Å². The van der Waals surface area contributed by atoms with Crippen LogP contribution in [0.1, 0.15) is 277 Å². The monoisotopic (exact) mass is 832 g/mol. The number of unbranched alkanes of at least 4 members (excludes halogenated alkanes) is 35. The van der Waals surface area contributed by atoms with Gasteiger partial charge in [-0.1, -0.05) is 231 Å². The van der Waals surface area contributed by atoms with Gasteiger partial charge in [0.05, 0.1) is 25.4 Å². The molecule has 1 amide bonds. The number of hydrogen-bond donors (Lipinski definition) is 3. The molecule has 0 fully saturated rings. The van der Waals surface area contributed by atoms with Crippen molar-refractivity contribution in [2.45, 2.75) is 289 Å². The summed E-state index contributed by atoms with van der Waals surface area (Å²) in [5.74, 6) is -0.106. The van der Waals surface area contributed by atoms with Gasteiger partial charge >= 0.3 is 5.97 Å². The highest BCUT2D eigenvalue weighted by Gasteiger charge is 2.18. The lowest BCUT2D eigenvalue weighted by Gasteiger charge is -2.20. The smallest absolute Gasteiger partial charge is 0.305 e. The van der Waals surface area contributed by atoms with E-state index >= 15 is 0 Å². The lowest BCUT2D eigenvalue weighted by Crippen LogP contribution is -2.45. The van der Waals surface area contributed by atoms with Gasteiger partial charge in [-0.05, 0) is 57.8 Å². The van der Waals surface area contributed by atoms with Gasteiger partial charge in [-0.2, -0.15) is 0 Å². The fourth-order valence-corrected chi connectivity index (χ4v) is 7.92. The summed E-state index contributed by atoms with van der Waals surface area (Å²) in [5.41, 5.74) is 0. The summed E-state index contributed by atoms with van der Waals surface area (Å²) in [4.78, 5) is 24.5. The van der Waals surface area contributed by atoms with Crippen LogP contribution in [-0.4, -0.2) is 47.4 Å². The van der Waals surface area contributed by atoms with Gasteiger partial charge in [0.1, 0.15) is 0 Å². The molecule has 2 atom stereocenters. The molecule has 0 aromatic rings. The van der Waals surface area contributed by atoms with E-state index in [0.717, 1.165) is 57.8 Å². The molecule has 59 heavy (non-hydrogen) atoms. The number of allylic oxidation sites excluding steroid dienone is 3. The van der Waals surface area contributed by atoms with Crippen molar-refractivity contribution in [3.63, 3.8) is 0 Å². The van der Waals surface area contributed by atoms with Crippen LogP contribution in [-0.2, 0) is 14.3 Å². The molecular formula is C53H101NO5. The largest absolute Gasteiger partial charge is 0.466 e. The predicted molar refractivity (Wildman–Crippen MR) is 255 cm³/mol. The molecule has 0 saturated carbocycles. The predicted octanol–water partition coefficient (Wildman–Crippen LogP) is 15.5. The summed E-state index contributed by atoms with van der Waals surface area (Å²) in [6.07, 6.45) is 57.4. The van der Waals surface area contributed by atoms with Crippen molar-refractivity contribution in [3.05, 3.63) is 24.3 Å². The average molecular weight is 832 g/mol. The molecule has 6 nitrogen and oxygen atoms in total. The highest BCUT2D eigenvalue weighted by molar-refractivity contribution is 5.76. The van der Waals surface area contributed by atoms with Crippen molar-refractivity contribution in [2.75, 3.05) is 13.2 Å². The van der Waals surface area contributed by atoms with Crippen LogP contribution in [0.5, 0.6) is 0 Å². The Morgan fingerprint density at radius 3 is 1.20 bits per heavy atom. The third-order valence-corrected chi connectivity index (χ3v) is 12.0. The molecule has 3 N–H and O–H groups in total. The quantitative estimate of drug-likeness (QED) is 0.0322. The van der Waals surface area contributed by atoms with Crippen molar-refractivity contribution < 1.29 is 24.5 Å². The molecule has 0 aliphatic rings. The summed E-state index contributed by atoms with van der Waals surface area (Å²) in [5, 5.41) is 23.0. The molecule has 0 radical (unpaired) electrons. The number of nitrogens with one attached hydrogen (secondary N) is 1. The number of ether oxygens (including phenoxy) is 1. The van der Waals surface area contributed by atoms with Crippen LogP contribution in [0.15, 0.2) is 24.3 Å². The molecule has 0 aliphatic heterocycles. The Labute approximate surface area is 367 Å². The van der Waals surface area contributed by atoms with Crippen LogP contribution in [0.2, 0.25) is 0 Å². The highest BCUT2D eigenvalue weighted by Crippen LogP contribution is 2.15. The zero-order valence-electron chi connectivity index (χ0n) is 39.5. The van der Waals surface area contributed by atoms with Crippen molar-refractivity contribution >= 4 is 11.9 Å². The Morgan fingerprint density at radius 2 is 0.797 bits per heavy atom. The molecule has 2 unspecified atom stereocenters. The fourth-order valence-electron chi connectivity index (χ4n) is 7.92. The Kier molecular flexibility index (Phi) is 47.6. The first-order valence-electron chi connectivity index (χ1n) is 26.1. The summed E-state index contributed by atoms with van der Waals surface area (Å²) in [7, 11) is 0. The third-order valence-electron chi connectivity index (χ3n) is 12.0. The van der Waals surface area contributed by atoms with Gasteiger partial charge in [-0.3, -0.25) is 9.59 Å². The van der Waals surface area contributed by atoms with E-state index in [-0.39, 0.29) is 18.5 Å². The minimum atomic E-state index is -0.856. The number of amides is 1. The number of aliphatic hydroxyl groups excluding tert-OH is 2. The Morgan fingerprint density at radius 1 is 0.458 bits per heavy atom. The van der Waals surface area contributed by atoms with Gasteiger partial charge in [0.2, 0.25) is 5.91 Å². The fraction of sp³-hybridized carbons (Fsp3) is 0.887. The Balaban J connectivity index is 3.49. The van der Waals surface area contributed by atoms with Crippen LogP contribution in [0, 0.1) is 0 Å². The van der Waals surface area contributed by atoms with Crippen LogP contribution in [0.3, 0.4) is 0 Å². The zero-order valence-corrected chi connectivity index (χ0v) is 39.5. The maximum atomic E-state index is 12.4. The van der Waals surface area contributed by atoms with E-state index in [9.17, 15) is 19.8 Å². The van der Waals surface area contributed by atoms with Gasteiger partial charge in [0.25, 0.3) is 0 Å². The number of carbonyl (C=O) groups is 2. The summed E-state index contributed by atoms with van der Waals surface area (Å²) in [6.45, 7) is 4.85. The molecule has 0 saturated heterocycles. The first kappa shape index (κ1) is 57.3. The zero-order chi connectivity index (χ0) is 43.0. The molecule has 6 heteroatoms. The second-order valence-electron chi connectivity index (χ2n) is 17.9. The van der Waals surface area contributed by atoms with Crippen LogP contribution in [0.25, 0.3) is 0 Å². The van der Waals surface area contributed by atoms with E-state index in [1.807, 2.05) is 6.08 Å². The lowest BCUT2D eigenvalue weighted by atomic mass is 10.0. The van der Waals surface area contributed by atoms with Crippen molar-refractivity contribution in [2.24, 2.45) is 0 Å². The Bertz CT molecular complexity index is 920. The molecule has 0 aromatic carbocycles. The highest BCUT2D eigenvalue weighted by atomic mass is 16.5. The molecule has 0 aromatic heterocycles. The maximum absolute atomic E-state index is 12.4.